The topological polar surface area (TPSA) is 76.5 Å². The number of anilines is 1. The average Bonchev–Trinajstić information content (AvgIpc) is 2.88. The molecule has 0 radical (unpaired) electrons. The molecular weight excluding hydrogens is 428 g/mol. The molecule has 0 aliphatic carbocycles. The van der Waals surface area contributed by atoms with Crippen LogP contribution in [0.25, 0.3) is 0 Å². The van der Waals surface area contributed by atoms with Crippen molar-refractivity contribution >= 4 is 11.6 Å². The summed E-state index contributed by atoms with van der Waals surface area (Å²) < 4.78 is 7.07. The Bertz CT molecular complexity index is 1130. The van der Waals surface area contributed by atoms with E-state index in [-0.39, 0.29) is 17.4 Å². The van der Waals surface area contributed by atoms with E-state index in [1.54, 1.807) is 12.3 Å². The van der Waals surface area contributed by atoms with Crippen molar-refractivity contribution in [1.29, 1.82) is 0 Å². The van der Waals surface area contributed by atoms with Gasteiger partial charge in [-0.1, -0.05) is 49.4 Å². The van der Waals surface area contributed by atoms with Crippen molar-refractivity contribution in [2.75, 3.05) is 24.6 Å². The van der Waals surface area contributed by atoms with Gasteiger partial charge in [0.25, 0.3) is 5.56 Å². The van der Waals surface area contributed by atoms with Crippen LogP contribution in [-0.2, 0) is 17.9 Å². The summed E-state index contributed by atoms with van der Waals surface area (Å²) >= 11 is 0. The summed E-state index contributed by atoms with van der Waals surface area (Å²) in [4.78, 5) is 27.6. The Labute approximate surface area is 200 Å². The fraction of sp³-hybridized carbons (Fsp3) is 0.370. The highest BCUT2D eigenvalue weighted by atomic mass is 16.5. The zero-order valence-corrected chi connectivity index (χ0v) is 19.7. The normalized spacial score (nSPS) is 15.7. The van der Waals surface area contributed by atoms with Gasteiger partial charge in [0.1, 0.15) is 5.75 Å². The number of carbonyl (C=O) groups excluding carboxylic acids is 1. The highest BCUT2D eigenvalue weighted by Gasteiger charge is 2.26. The number of ether oxygens (including phenoxy) is 1. The first-order chi connectivity index (χ1) is 16.6. The number of nitrogens with zero attached hydrogens (tertiary/aromatic N) is 3. The molecule has 1 saturated heterocycles. The lowest BCUT2D eigenvalue weighted by Crippen LogP contribution is -2.43. The summed E-state index contributed by atoms with van der Waals surface area (Å²) in [7, 11) is 0. The average molecular weight is 461 g/mol. The number of hydrogen-bond acceptors (Lipinski definition) is 5. The van der Waals surface area contributed by atoms with Gasteiger partial charge in [0, 0.05) is 25.7 Å². The maximum Gasteiger partial charge on any atom is 0.269 e. The second-order valence-corrected chi connectivity index (χ2v) is 8.69. The molecule has 0 spiro atoms. The van der Waals surface area contributed by atoms with Crippen LogP contribution < -0.4 is 20.5 Å². The molecule has 1 aliphatic rings. The molecule has 2 aromatic carbocycles. The summed E-state index contributed by atoms with van der Waals surface area (Å²) in [5.41, 5.74) is 2.70. The van der Waals surface area contributed by atoms with Crippen molar-refractivity contribution in [3.05, 3.63) is 88.3 Å². The summed E-state index contributed by atoms with van der Waals surface area (Å²) in [6.45, 7) is 5.10. The molecule has 1 fully saturated rings. The van der Waals surface area contributed by atoms with Gasteiger partial charge in [0.2, 0.25) is 5.91 Å². The van der Waals surface area contributed by atoms with E-state index in [1.165, 1.54) is 4.68 Å². The highest BCUT2D eigenvalue weighted by molar-refractivity contribution is 5.79. The van der Waals surface area contributed by atoms with Gasteiger partial charge in [0.05, 0.1) is 31.0 Å². The standard InChI is InChI=1S/C27H32N4O3/c1-2-15-34-25-12-10-21(11-13-25)17-28-27(33)23-9-6-14-30(20-23)24-16-26(32)31(29-18-24)19-22-7-4-3-5-8-22/h3-5,7-8,10-13,16,18,23H,2,6,9,14-15,17,19-20H2,1H3,(H,28,33)/t23-/m0/s1. The number of piperidine rings is 1. The van der Waals surface area contributed by atoms with Gasteiger partial charge in [-0.3, -0.25) is 9.59 Å². The molecule has 34 heavy (non-hydrogen) atoms. The van der Waals surface area contributed by atoms with Crippen LogP contribution in [0.1, 0.15) is 37.3 Å². The van der Waals surface area contributed by atoms with E-state index in [2.05, 4.69) is 22.2 Å². The van der Waals surface area contributed by atoms with Gasteiger partial charge in [-0.15, -0.1) is 0 Å². The number of aromatic nitrogens is 2. The molecule has 1 amide bonds. The number of amides is 1. The van der Waals surface area contributed by atoms with Crippen molar-refractivity contribution in [2.24, 2.45) is 5.92 Å². The molecule has 1 aliphatic heterocycles. The molecule has 0 bridgehead atoms. The molecule has 1 atom stereocenters. The number of rotatable bonds is 9. The number of nitrogens with one attached hydrogen (secondary N) is 1. The molecular formula is C27H32N4O3. The fourth-order valence-electron chi connectivity index (χ4n) is 4.15. The third-order valence-electron chi connectivity index (χ3n) is 6.05. The zero-order valence-electron chi connectivity index (χ0n) is 19.7. The summed E-state index contributed by atoms with van der Waals surface area (Å²) in [5.74, 6) is 0.771. The zero-order chi connectivity index (χ0) is 23.8. The molecule has 2 heterocycles. The second kappa shape index (κ2) is 11.5. The lowest BCUT2D eigenvalue weighted by Gasteiger charge is -2.33. The minimum Gasteiger partial charge on any atom is -0.494 e. The van der Waals surface area contributed by atoms with Crippen LogP contribution in [0.2, 0.25) is 0 Å². The van der Waals surface area contributed by atoms with Crippen LogP contribution in [0, 0.1) is 5.92 Å². The van der Waals surface area contributed by atoms with E-state index in [9.17, 15) is 9.59 Å². The SMILES string of the molecule is CCCOc1ccc(CNC(=O)[C@H]2CCCN(c3cnn(Cc4ccccc4)c(=O)c3)C2)cc1. The van der Waals surface area contributed by atoms with E-state index in [0.29, 0.717) is 26.2 Å². The molecule has 4 rings (SSSR count). The third-order valence-corrected chi connectivity index (χ3v) is 6.05. The van der Waals surface area contributed by atoms with E-state index in [0.717, 1.165) is 48.4 Å². The van der Waals surface area contributed by atoms with Crippen molar-refractivity contribution in [3.63, 3.8) is 0 Å². The highest BCUT2D eigenvalue weighted by Crippen LogP contribution is 2.22. The molecule has 0 unspecified atom stereocenters. The van der Waals surface area contributed by atoms with Crippen LogP contribution >= 0.6 is 0 Å². The predicted molar refractivity (Wildman–Crippen MR) is 133 cm³/mol. The third kappa shape index (κ3) is 6.25. The Morgan fingerprint density at radius 1 is 1.12 bits per heavy atom. The van der Waals surface area contributed by atoms with Crippen molar-refractivity contribution in [3.8, 4) is 5.75 Å². The van der Waals surface area contributed by atoms with E-state index < -0.39 is 0 Å². The smallest absolute Gasteiger partial charge is 0.269 e. The quantitative estimate of drug-likeness (QED) is 0.528. The maximum absolute atomic E-state index is 12.8. The van der Waals surface area contributed by atoms with Crippen LogP contribution in [0.3, 0.4) is 0 Å². The molecule has 1 aromatic heterocycles. The van der Waals surface area contributed by atoms with Crippen molar-refractivity contribution in [2.45, 2.75) is 39.3 Å². The lowest BCUT2D eigenvalue weighted by atomic mass is 9.96. The summed E-state index contributed by atoms with van der Waals surface area (Å²) in [6.07, 6.45) is 4.44. The largest absolute Gasteiger partial charge is 0.494 e. The number of carbonyl (C=O) groups is 1. The molecule has 3 aromatic rings. The van der Waals surface area contributed by atoms with Crippen LogP contribution in [0.5, 0.6) is 5.75 Å². The molecule has 7 heteroatoms. The lowest BCUT2D eigenvalue weighted by molar-refractivity contribution is -0.125. The first-order valence-electron chi connectivity index (χ1n) is 12.0. The van der Waals surface area contributed by atoms with E-state index in [1.807, 2.05) is 54.6 Å². The van der Waals surface area contributed by atoms with Crippen LogP contribution in [0.4, 0.5) is 5.69 Å². The first kappa shape index (κ1) is 23.5. The molecule has 1 N–H and O–H groups in total. The van der Waals surface area contributed by atoms with E-state index >= 15 is 0 Å². The van der Waals surface area contributed by atoms with Crippen LogP contribution in [-0.4, -0.2) is 35.4 Å². The van der Waals surface area contributed by atoms with Crippen molar-refractivity contribution in [1.82, 2.24) is 15.1 Å². The Morgan fingerprint density at radius 3 is 2.65 bits per heavy atom. The number of benzene rings is 2. The minimum atomic E-state index is -0.140. The molecule has 178 valence electrons. The van der Waals surface area contributed by atoms with Gasteiger partial charge >= 0.3 is 0 Å². The summed E-state index contributed by atoms with van der Waals surface area (Å²) in [6, 6.07) is 19.3. The molecule has 0 saturated carbocycles. The van der Waals surface area contributed by atoms with Gasteiger partial charge in [-0.2, -0.15) is 5.10 Å². The van der Waals surface area contributed by atoms with Gasteiger partial charge in [-0.05, 0) is 42.5 Å². The maximum atomic E-state index is 12.8. The van der Waals surface area contributed by atoms with E-state index in [4.69, 9.17) is 4.74 Å². The second-order valence-electron chi connectivity index (χ2n) is 8.69. The Hall–Kier alpha value is -3.61. The Morgan fingerprint density at radius 2 is 1.91 bits per heavy atom. The monoisotopic (exact) mass is 460 g/mol. The fourth-order valence-corrected chi connectivity index (χ4v) is 4.15. The van der Waals surface area contributed by atoms with Gasteiger partial charge in [0.15, 0.2) is 0 Å². The van der Waals surface area contributed by atoms with Gasteiger partial charge in [-0.25, -0.2) is 4.68 Å². The van der Waals surface area contributed by atoms with Gasteiger partial charge < -0.3 is 15.0 Å². The minimum absolute atomic E-state index is 0.0430. The molecule has 7 nitrogen and oxygen atoms in total. The first-order valence-corrected chi connectivity index (χ1v) is 12.0. The Balaban J connectivity index is 1.32. The number of hydrogen-bond donors (Lipinski definition) is 1. The predicted octanol–water partition coefficient (Wildman–Crippen LogP) is 3.61. The van der Waals surface area contributed by atoms with Crippen molar-refractivity contribution < 1.29 is 9.53 Å². The Kier molecular flexibility index (Phi) is 7.96. The summed E-state index contributed by atoms with van der Waals surface area (Å²) in [5, 5.41) is 7.44. The van der Waals surface area contributed by atoms with Crippen LogP contribution in [0.15, 0.2) is 71.7 Å².